The summed E-state index contributed by atoms with van der Waals surface area (Å²) in [5.41, 5.74) is 0. The topological polar surface area (TPSA) is 108 Å². The number of carboxylic acid groups (broad SMARTS) is 1. The molecule has 91 heavy (non-hydrogen) atoms. The summed E-state index contributed by atoms with van der Waals surface area (Å²) in [4.78, 5) is 37.7. The second-order valence-corrected chi connectivity index (χ2v) is 27.3. The largest absolute Gasteiger partial charge is 0.477 e. The quantitative estimate of drug-likeness (QED) is 0.0211. The van der Waals surface area contributed by atoms with E-state index in [1.807, 2.05) is 21.1 Å². The first kappa shape index (κ1) is 87.5. The van der Waals surface area contributed by atoms with Gasteiger partial charge in [-0.3, -0.25) is 9.59 Å². The van der Waals surface area contributed by atoms with Gasteiger partial charge in [-0.1, -0.05) is 343 Å². The molecule has 0 aliphatic rings. The fourth-order valence-electron chi connectivity index (χ4n) is 11.3. The van der Waals surface area contributed by atoms with Crippen LogP contribution < -0.4 is 0 Å². The van der Waals surface area contributed by atoms with E-state index >= 15 is 0 Å². The van der Waals surface area contributed by atoms with Crippen LogP contribution in [0.1, 0.15) is 361 Å². The molecule has 0 radical (unpaired) electrons. The van der Waals surface area contributed by atoms with Crippen LogP contribution >= 0.6 is 0 Å². The number of ether oxygens (including phenoxy) is 4. The van der Waals surface area contributed by atoms with Gasteiger partial charge in [-0.2, -0.15) is 0 Å². The Kier molecular flexibility index (Phi) is 69.5. The molecule has 0 aromatic rings. The van der Waals surface area contributed by atoms with Crippen molar-refractivity contribution in [2.45, 2.75) is 373 Å². The highest BCUT2D eigenvalue weighted by Crippen LogP contribution is 2.19. The first-order chi connectivity index (χ1) is 44.6. The summed E-state index contributed by atoms with van der Waals surface area (Å²) in [7, 11) is 5.99. The normalized spacial score (nSPS) is 13.1. The molecule has 528 valence electrons. The summed E-state index contributed by atoms with van der Waals surface area (Å²) >= 11 is 0. The van der Waals surface area contributed by atoms with E-state index in [0.717, 1.165) is 77.0 Å². The molecule has 2 atom stereocenters. The third-order valence-electron chi connectivity index (χ3n) is 17.1. The van der Waals surface area contributed by atoms with Crippen molar-refractivity contribution in [1.82, 2.24) is 0 Å². The van der Waals surface area contributed by atoms with Crippen molar-refractivity contribution in [3.63, 3.8) is 0 Å². The molecule has 0 aliphatic carbocycles. The molecule has 0 saturated heterocycles. The molecule has 0 amide bonds. The molecule has 0 spiro atoms. The molecular weight excluding hydrogens is 1130 g/mol. The number of hydrogen-bond acceptors (Lipinski definition) is 7. The number of quaternary nitrogens is 1. The Morgan fingerprint density at radius 3 is 0.934 bits per heavy atom. The standard InChI is InChI=1S/C82H147NO8/c1-6-8-10-12-14-16-18-20-22-24-26-28-30-32-34-36-37-38-39-40-41-42-43-45-46-48-50-52-54-56-58-60-62-64-66-68-70-72-79(84)89-76-78(77-90-82(81(86)87)88-75-74-83(3,4)5)91-80(85)73-71-69-67-65-63-61-59-57-55-53-51-49-47-44-35-33-31-29-27-25-23-21-19-17-15-13-11-9-7-2/h9,11,15,17-18,20-21,23-24,26-27,29-30,32,78,82H,6-8,10,12-14,16,19,22,25,28,31,33-77H2,1-5H3/p+1/b11-9-,17-15-,20-18-,23-21-,26-24-,29-27-,32-30-. The van der Waals surface area contributed by atoms with Crippen LogP contribution in [0.2, 0.25) is 0 Å². The molecule has 0 bridgehead atoms. The fraction of sp³-hybridized carbons (Fsp3) is 0.793. The average Bonchev–Trinajstić information content (AvgIpc) is 3.66. The van der Waals surface area contributed by atoms with E-state index in [1.165, 1.54) is 257 Å². The summed E-state index contributed by atoms with van der Waals surface area (Å²) in [5, 5.41) is 9.77. The highest BCUT2D eigenvalue weighted by molar-refractivity contribution is 5.71. The van der Waals surface area contributed by atoms with Gasteiger partial charge in [-0.05, 0) is 89.9 Å². The summed E-state index contributed by atoms with van der Waals surface area (Å²) in [6.07, 6.45) is 95.8. The van der Waals surface area contributed by atoms with Crippen molar-refractivity contribution in [1.29, 1.82) is 0 Å². The van der Waals surface area contributed by atoms with Gasteiger partial charge in [0.1, 0.15) is 13.2 Å². The van der Waals surface area contributed by atoms with Gasteiger partial charge in [0.25, 0.3) is 6.29 Å². The van der Waals surface area contributed by atoms with Gasteiger partial charge in [0.05, 0.1) is 34.4 Å². The number of carbonyl (C=O) groups is 3. The molecule has 0 heterocycles. The van der Waals surface area contributed by atoms with E-state index < -0.39 is 18.4 Å². The average molecular weight is 1280 g/mol. The number of carboxylic acids is 1. The minimum absolute atomic E-state index is 0.180. The Hall–Kier alpha value is -3.53. The lowest BCUT2D eigenvalue weighted by Gasteiger charge is -2.25. The maximum absolute atomic E-state index is 13.0. The van der Waals surface area contributed by atoms with Crippen molar-refractivity contribution in [2.24, 2.45) is 0 Å². The number of hydrogen-bond donors (Lipinski definition) is 1. The van der Waals surface area contributed by atoms with Gasteiger partial charge in [-0.25, -0.2) is 4.79 Å². The summed E-state index contributed by atoms with van der Waals surface area (Å²) < 4.78 is 23.0. The first-order valence-electron chi connectivity index (χ1n) is 38.8. The predicted octanol–water partition coefficient (Wildman–Crippen LogP) is 24.6. The zero-order valence-corrected chi connectivity index (χ0v) is 60.5. The van der Waals surface area contributed by atoms with Crippen molar-refractivity contribution >= 4 is 17.9 Å². The zero-order chi connectivity index (χ0) is 66.1. The van der Waals surface area contributed by atoms with E-state index in [-0.39, 0.29) is 38.2 Å². The molecule has 0 rings (SSSR count). The number of rotatable bonds is 72. The number of unbranched alkanes of at least 4 members (excludes halogenated alkanes) is 43. The van der Waals surface area contributed by atoms with Gasteiger partial charge in [0.2, 0.25) is 0 Å². The Labute approximate surface area is 563 Å². The monoisotopic (exact) mass is 1280 g/mol. The van der Waals surface area contributed by atoms with E-state index in [4.69, 9.17) is 18.9 Å². The molecule has 0 aromatic carbocycles. The van der Waals surface area contributed by atoms with Crippen LogP contribution in [0.25, 0.3) is 0 Å². The smallest absolute Gasteiger partial charge is 0.361 e. The van der Waals surface area contributed by atoms with Crippen LogP contribution in [0.5, 0.6) is 0 Å². The Morgan fingerprint density at radius 2 is 0.626 bits per heavy atom. The van der Waals surface area contributed by atoms with Crippen molar-refractivity contribution < 1.29 is 42.9 Å². The summed E-state index contributed by atoms with van der Waals surface area (Å²) in [6, 6.07) is 0. The molecule has 0 aliphatic heterocycles. The third kappa shape index (κ3) is 73.7. The van der Waals surface area contributed by atoms with E-state index in [2.05, 4.69) is 98.9 Å². The van der Waals surface area contributed by atoms with E-state index in [1.54, 1.807) is 0 Å². The molecule has 0 fully saturated rings. The van der Waals surface area contributed by atoms with Crippen molar-refractivity contribution in [2.75, 3.05) is 47.5 Å². The van der Waals surface area contributed by atoms with Gasteiger partial charge in [0.15, 0.2) is 6.10 Å². The lowest BCUT2D eigenvalue weighted by atomic mass is 10.0. The lowest BCUT2D eigenvalue weighted by molar-refractivity contribution is -0.870. The molecular formula is C82H148NO8+. The molecule has 0 aromatic heterocycles. The number of aliphatic carboxylic acids is 1. The number of allylic oxidation sites excluding steroid dienone is 14. The Morgan fingerprint density at radius 1 is 0.341 bits per heavy atom. The summed E-state index contributed by atoms with van der Waals surface area (Å²) in [5.74, 6) is -1.98. The zero-order valence-electron chi connectivity index (χ0n) is 60.5. The predicted molar refractivity (Wildman–Crippen MR) is 392 cm³/mol. The molecule has 9 nitrogen and oxygen atoms in total. The lowest BCUT2D eigenvalue weighted by Crippen LogP contribution is -2.40. The van der Waals surface area contributed by atoms with Gasteiger partial charge < -0.3 is 28.5 Å². The van der Waals surface area contributed by atoms with E-state index in [0.29, 0.717) is 17.4 Å². The number of likely N-dealkylation sites (N-methyl/N-ethyl adjacent to an activating group) is 1. The summed E-state index contributed by atoms with van der Waals surface area (Å²) in [6.45, 7) is 4.80. The molecule has 2 unspecified atom stereocenters. The Balaban J connectivity index is 4.00. The van der Waals surface area contributed by atoms with Crippen LogP contribution in [-0.4, -0.2) is 87.4 Å². The maximum Gasteiger partial charge on any atom is 0.361 e. The van der Waals surface area contributed by atoms with Crippen molar-refractivity contribution in [3.05, 3.63) is 85.1 Å². The number of esters is 2. The minimum atomic E-state index is -1.51. The van der Waals surface area contributed by atoms with Crippen molar-refractivity contribution in [3.8, 4) is 0 Å². The van der Waals surface area contributed by atoms with Crippen LogP contribution in [0, 0.1) is 0 Å². The molecule has 9 heteroatoms. The highest BCUT2D eigenvalue weighted by atomic mass is 16.7. The SMILES string of the molecule is CC/C=C\C/C=C\C/C=C\C/C=C\CCCCCCCCCCCCCCCCCCC(=O)OC(COC(=O)CCCCCCCCCCCCCCCCCCCCCCCC/C=C\C/C=C\C/C=C\CCCCCCC)COC(OCC[N+](C)(C)C)C(=O)O. The minimum Gasteiger partial charge on any atom is -0.477 e. The van der Waals surface area contributed by atoms with E-state index in [9.17, 15) is 19.5 Å². The first-order valence-corrected chi connectivity index (χ1v) is 38.8. The highest BCUT2D eigenvalue weighted by Gasteiger charge is 2.25. The third-order valence-corrected chi connectivity index (χ3v) is 17.1. The number of nitrogens with zero attached hydrogens (tertiary/aromatic N) is 1. The second-order valence-electron chi connectivity index (χ2n) is 27.3. The molecule has 0 saturated carbocycles. The fourth-order valence-corrected chi connectivity index (χ4v) is 11.3. The van der Waals surface area contributed by atoms with Crippen LogP contribution in [0.3, 0.4) is 0 Å². The number of carbonyl (C=O) groups excluding carboxylic acids is 2. The van der Waals surface area contributed by atoms with Gasteiger partial charge in [0, 0.05) is 12.8 Å². The molecule has 1 N–H and O–H groups in total. The van der Waals surface area contributed by atoms with Crippen LogP contribution in [0.4, 0.5) is 0 Å². The maximum atomic E-state index is 13.0. The Bertz CT molecular complexity index is 1770. The van der Waals surface area contributed by atoms with Gasteiger partial charge in [-0.15, -0.1) is 0 Å². The van der Waals surface area contributed by atoms with Gasteiger partial charge >= 0.3 is 17.9 Å². The second kappa shape index (κ2) is 72.3. The van der Waals surface area contributed by atoms with Crippen LogP contribution in [0.15, 0.2) is 85.1 Å². The van der Waals surface area contributed by atoms with Crippen LogP contribution in [-0.2, 0) is 33.3 Å².